The highest BCUT2D eigenvalue weighted by Gasteiger charge is 2.23. The smallest absolute Gasteiger partial charge is 0.249 e. The molecule has 1 amide bonds. The number of rotatable bonds is 3. The monoisotopic (exact) mass is 221 g/mol. The minimum absolute atomic E-state index is 0.0965. The number of hydrogen-bond donors (Lipinski definition) is 2. The van der Waals surface area contributed by atoms with Gasteiger partial charge in [-0.2, -0.15) is 0 Å². The molecule has 1 unspecified atom stereocenters. The maximum absolute atomic E-state index is 11.6. The zero-order valence-corrected chi connectivity index (χ0v) is 8.98. The Morgan fingerprint density at radius 1 is 1.50 bits per heavy atom. The second-order valence-electron chi connectivity index (χ2n) is 3.85. The number of phenols is 1. The van der Waals surface area contributed by atoms with E-state index in [0.29, 0.717) is 18.7 Å². The number of carbonyl (C=O) groups is 1. The van der Waals surface area contributed by atoms with Gasteiger partial charge in [-0.3, -0.25) is 4.79 Å². The fourth-order valence-electron chi connectivity index (χ4n) is 1.74. The predicted octanol–water partition coefficient (Wildman–Crippen LogP) is 1.19. The maximum atomic E-state index is 11.6. The fraction of sp³-hybridized carbons (Fsp3) is 0.417. The van der Waals surface area contributed by atoms with Crippen LogP contribution < -0.4 is 5.32 Å². The van der Waals surface area contributed by atoms with Crippen LogP contribution in [0, 0.1) is 0 Å². The first kappa shape index (κ1) is 11.0. The van der Waals surface area contributed by atoms with Crippen LogP contribution in [0.3, 0.4) is 0 Å². The highest BCUT2D eigenvalue weighted by atomic mass is 16.5. The predicted molar refractivity (Wildman–Crippen MR) is 58.9 cm³/mol. The van der Waals surface area contributed by atoms with Crippen LogP contribution in [0.25, 0.3) is 0 Å². The highest BCUT2D eigenvalue weighted by Crippen LogP contribution is 2.16. The van der Waals surface area contributed by atoms with Gasteiger partial charge in [0.05, 0.1) is 0 Å². The second kappa shape index (κ2) is 4.99. The van der Waals surface area contributed by atoms with E-state index in [-0.39, 0.29) is 17.8 Å². The second-order valence-corrected chi connectivity index (χ2v) is 3.85. The van der Waals surface area contributed by atoms with E-state index < -0.39 is 0 Å². The Bertz CT molecular complexity index is 372. The van der Waals surface area contributed by atoms with Crippen LogP contribution in [0.2, 0.25) is 0 Å². The molecular formula is C12H15NO3. The van der Waals surface area contributed by atoms with Crippen LogP contribution in [-0.2, 0) is 16.1 Å². The zero-order chi connectivity index (χ0) is 11.4. The van der Waals surface area contributed by atoms with Crippen LogP contribution in [0.15, 0.2) is 24.3 Å². The summed E-state index contributed by atoms with van der Waals surface area (Å²) in [5.41, 5.74) is 0.717. The first-order valence-electron chi connectivity index (χ1n) is 5.43. The van der Waals surface area contributed by atoms with Gasteiger partial charge in [0.1, 0.15) is 11.9 Å². The van der Waals surface area contributed by atoms with Crippen molar-refractivity contribution in [3.8, 4) is 5.75 Å². The van der Waals surface area contributed by atoms with E-state index in [0.717, 1.165) is 12.8 Å². The molecule has 1 aromatic carbocycles. The highest BCUT2D eigenvalue weighted by molar-refractivity contribution is 5.80. The van der Waals surface area contributed by atoms with Crippen molar-refractivity contribution in [3.63, 3.8) is 0 Å². The van der Waals surface area contributed by atoms with Crippen LogP contribution in [0.4, 0.5) is 0 Å². The minimum atomic E-state index is -0.314. The van der Waals surface area contributed by atoms with Crippen molar-refractivity contribution in [2.45, 2.75) is 25.5 Å². The largest absolute Gasteiger partial charge is 0.508 e. The van der Waals surface area contributed by atoms with Crippen LogP contribution in [0.1, 0.15) is 18.4 Å². The normalized spacial score (nSPS) is 19.6. The molecule has 0 bridgehead atoms. The molecule has 0 radical (unpaired) electrons. The Labute approximate surface area is 94.2 Å². The average Bonchev–Trinajstić information content (AvgIpc) is 2.81. The third-order valence-electron chi connectivity index (χ3n) is 2.67. The lowest BCUT2D eigenvalue weighted by Gasteiger charge is -2.10. The van der Waals surface area contributed by atoms with Crippen molar-refractivity contribution in [2.24, 2.45) is 0 Å². The SMILES string of the molecule is O=C(NCc1ccccc1O)C1CCCO1. The van der Waals surface area contributed by atoms with Crippen molar-refractivity contribution in [3.05, 3.63) is 29.8 Å². The van der Waals surface area contributed by atoms with Gasteiger partial charge in [-0.15, -0.1) is 0 Å². The molecule has 1 aliphatic heterocycles. The van der Waals surface area contributed by atoms with Gasteiger partial charge >= 0.3 is 0 Å². The molecule has 1 fully saturated rings. The molecule has 0 saturated carbocycles. The van der Waals surface area contributed by atoms with Crippen molar-refractivity contribution in [1.82, 2.24) is 5.32 Å². The van der Waals surface area contributed by atoms with Gasteiger partial charge in [0.25, 0.3) is 0 Å². The van der Waals surface area contributed by atoms with Crippen LogP contribution in [0.5, 0.6) is 5.75 Å². The minimum Gasteiger partial charge on any atom is -0.508 e. The summed E-state index contributed by atoms with van der Waals surface area (Å²) in [5, 5.41) is 12.3. The number of phenolic OH excluding ortho intramolecular Hbond substituents is 1. The van der Waals surface area contributed by atoms with Crippen molar-refractivity contribution in [1.29, 1.82) is 0 Å². The van der Waals surface area contributed by atoms with E-state index in [9.17, 15) is 9.90 Å². The van der Waals surface area contributed by atoms with E-state index in [1.165, 1.54) is 0 Å². The number of para-hydroxylation sites is 1. The van der Waals surface area contributed by atoms with Crippen LogP contribution in [-0.4, -0.2) is 23.7 Å². The number of hydrogen-bond acceptors (Lipinski definition) is 3. The summed E-state index contributed by atoms with van der Waals surface area (Å²) >= 11 is 0. The molecule has 16 heavy (non-hydrogen) atoms. The summed E-state index contributed by atoms with van der Waals surface area (Å²) in [6, 6.07) is 6.96. The van der Waals surface area contributed by atoms with E-state index >= 15 is 0 Å². The van der Waals surface area contributed by atoms with Gasteiger partial charge in [0, 0.05) is 18.7 Å². The number of benzene rings is 1. The molecule has 2 N–H and O–H groups in total. The Morgan fingerprint density at radius 2 is 2.31 bits per heavy atom. The topological polar surface area (TPSA) is 58.6 Å². The molecule has 1 aliphatic rings. The zero-order valence-electron chi connectivity index (χ0n) is 8.98. The van der Waals surface area contributed by atoms with Gasteiger partial charge in [-0.1, -0.05) is 18.2 Å². The van der Waals surface area contributed by atoms with Crippen molar-refractivity contribution < 1.29 is 14.6 Å². The molecule has 4 nitrogen and oxygen atoms in total. The lowest BCUT2D eigenvalue weighted by molar-refractivity contribution is -0.130. The molecule has 4 heteroatoms. The Kier molecular flexibility index (Phi) is 3.41. The summed E-state index contributed by atoms with van der Waals surface area (Å²) in [6.07, 6.45) is 1.41. The Balaban J connectivity index is 1.87. The number of ether oxygens (including phenoxy) is 1. The molecule has 0 aliphatic carbocycles. The van der Waals surface area contributed by atoms with Gasteiger partial charge in [-0.05, 0) is 18.9 Å². The summed E-state index contributed by atoms with van der Waals surface area (Å²) in [5.74, 6) is 0.107. The molecule has 2 rings (SSSR count). The molecule has 1 atom stereocenters. The maximum Gasteiger partial charge on any atom is 0.249 e. The Morgan fingerprint density at radius 3 is 3.00 bits per heavy atom. The molecule has 1 aromatic rings. The summed E-state index contributed by atoms with van der Waals surface area (Å²) < 4.78 is 5.26. The van der Waals surface area contributed by atoms with Gasteiger partial charge < -0.3 is 15.2 Å². The van der Waals surface area contributed by atoms with Gasteiger partial charge in [-0.25, -0.2) is 0 Å². The number of carbonyl (C=O) groups excluding carboxylic acids is 1. The summed E-state index contributed by atoms with van der Waals surface area (Å²) in [7, 11) is 0. The van der Waals surface area contributed by atoms with E-state index in [2.05, 4.69) is 5.32 Å². The number of aromatic hydroxyl groups is 1. The van der Waals surface area contributed by atoms with Crippen LogP contribution >= 0.6 is 0 Å². The van der Waals surface area contributed by atoms with E-state index in [1.807, 2.05) is 6.07 Å². The molecule has 1 saturated heterocycles. The van der Waals surface area contributed by atoms with Crippen molar-refractivity contribution >= 4 is 5.91 Å². The summed E-state index contributed by atoms with van der Waals surface area (Å²) in [4.78, 5) is 11.6. The van der Waals surface area contributed by atoms with Gasteiger partial charge in [0.2, 0.25) is 5.91 Å². The molecule has 86 valence electrons. The van der Waals surface area contributed by atoms with E-state index in [1.54, 1.807) is 18.2 Å². The number of nitrogens with one attached hydrogen (secondary N) is 1. The molecule has 0 aromatic heterocycles. The number of amides is 1. The quantitative estimate of drug-likeness (QED) is 0.806. The van der Waals surface area contributed by atoms with E-state index in [4.69, 9.17) is 4.74 Å². The average molecular weight is 221 g/mol. The lowest BCUT2D eigenvalue weighted by atomic mass is 10.2. The first-order valence-corrected chi connectivity index (χ1v) is 5.43. The van der Waals surface area contributed by atoms with Gasteiger partial charge in [0.15, 0.2) is 0 Å². The lowest BCUT2D eigenvalue weighted by Crippen LogP contribution is -2.33. The third kappa shape index (κ3) is 2.52. The Hall–Kier alpha value is -1.55. The standard InChI is InChI=1S/C12H15NO3/c14-10-5-2-1-4-9(10)8-13-12(15)11-6-3-7-16-11/h1-2,4-5,11,14H,3,6-8H2,(H,13,15). The molecular weight excluding hydrogens is 206 g/mol. The summed E-state index contributed by atoms with van der Waals surface area (Å²) in [6.45, 7) is 1.00. The molecule has 0 spiro atoms. The van der Waals surface area contributed by atoms with Crippen molar-refractivity contribution in [2.75, 3.05) is 6.61 Å². The fourth-order valence-corrected chi connectivity index (χ4v) is 1.74. The first-order chi connectivity index (χ1) is 7.77. The third-order valence-corrected chi connectivity index (χ3v) is 2.67. The molecule has 1 heterocycles.